The van der Waals surface area contributed by atoms with E-state index in [4.69, 9.17) is 0 Å². The average molecular weight is 402 g/mol. The first-order valence-corrected chi connectivity index (χ1v) is 10.8. The molecule has 0 radical (unpaired) electrons. The van der Waals surface area contributed by atoms with Crippen molar-refractivity contribution in [3.63, 3.8) is 0 Å². The van der Waals surface area contributed by atoms with Crippen LogP contribution in [0.2, 0.25) is 0 Å². The number of nitrogens with one attached hydrogen (secondary N) is 1. The smallest absolute Gasteiger partial charge is 0.269 e. The summed E-state index contributed by atoms with van der Waals surface area (Å²) in [4.78, 5) is 23.3. The van der Waals surface area contributed by atoms with Gasteiger partial charge in [-0.1, -0.05) is 61.7 Å². The first-order valence-electron chi connectivity index (χ1n) is 9.16. The molecule has 7 nitrogen and oxygen atoms in total. The van der Waals surface area contributed by atoms with E-state index in [1.165, 1.54) is 24.3 Å². The van der Waals surface area contributed by atoms with Crippen LogP contribution in [-0.2, 0) is 26.0 Å². The van der Waals surface area contributed by atoms with Crippen LogP contribution in [0.25, 0.3) is 0 Å². The minimum Gasteiger partial charge on any atom is -0.273 e. The lowest BCUT2D eigenvalue weighted by atomic mass is 9.69. The summed E-state index contributed by atoms with van der Waals surface area (Å²) in [7, 11) is -3.93. The van der Waals surface area contributed by atoms with Gasteiger partial charge in [0.1, 0.15) is 0 Å². The van der Waals surface area contributed by atoms with Crippen molar-refractivity contribution in [2.45, 2.75) is 43.3 Å². The summed E-state index contributed by atoms with van der Waals surface area (Å²) in [5.41, 5.74) is 0.249. The van der Waals surface area contributed by atoms with Crippen LogP contribution in [0.1, 0.15) is 43.2 Å². The fraction of sp³-hybridized carbons (Fsp3) is 0.350. The fourth-order valence-electron chi connectivity index (χ4n) is 3.77. The van der Waals surface area contributed by atoms with E-state index < -0.39 is 32.0 Å². The van der Waals surface area contributed by atoms with Gasteiger partial charge in [-0.05, 0) is 24.0 Å². The Balaban J connectivity index is 1.79. The van der Waals surface area contributed by atoms with E-state index in [1.807, 2.05) is 30.3 Å². The van der Waals surface area contributed by atoms with Gasteiger partial charge in [-0.3, -0.25) is 19.6 Å². The van der Waals surface area contributed by atoms with Crippen LogP contribution in [0.4, 0.5) is 5.69 Å². The molecule has 0 unspecified atom stereocenters. The van der Waals surface area contributed by atoms with E-state index in [0.29, 0.717) is 18.4 Å². The highest BCUT2D eigenvalue weighted by Gasteiger charge is 2.42. The number of benzene rings is 2. The monoisotopic (exact) mass is 402 g/mol. The fourth-order valence-corrected chi connectivity index (χ4v) is 4.95. The molecule has 8 heteroatoms. The molecule has 0 aliphatic heterocycles. The Kier molecular flexibility index (Phi) is 5.79. The van der Waals surface area contributed by atoms with Gasteiger partial charge in [-0.25, -0.2) is 8.42 Å². The summed E-state index contributed by atoms with van der Waals surface area (Å²) in [6, 6.07) is 14.6. The van der Waals surface area contributed by atoms with E-state index in [0.717, 1.165) is 24.8 Å². The van der Waals surface area contributed by atoms with Crippen LogP contribution in [0.15, 0.2) is 54.6 Å². The zero-order valence-electron chi connectivity index (χ0n) is 15.3. The summed E-state index contributed by atoms with van der Waals surface area (Å²) in [6.45, 7) is 0. The largest absolute Gasteiger partial charge is 0.273 e. The molecule has 1 N–H and O–H groups in total. The molecule has 0 spiro atoms. The Morgan fingerprint density at radius 2 is 1.61 bits per heavy atom. The number of nitro groups is 1. The number of hydrogen-bond acceptors (Lipinski definition) is 5. The SMILES string of the molecule is O=C(NS(=O)(=O)Cc1ccc([N+](=O)[O-])cc1)C1(c2ccccc2)CCCCC1. The molecule has 1 aliphatic rings. The van der Waals surface area contributed by atoms with Crippen molar-refractivity contribution in [2.75, 3.05) is 0 Å². The first kappa shape index (κ1) is 20.0. The number of sulfonamides is 1. The van der Waals surface area contributed by atoms with E-state index in [-0.39, 0.29) is 5.69 Å². The third-order valence-electron chi connectivity index (χ3n) is 5.22. The van der Waals surface area contributed by atoms with Gasteiger partial charge >= 0.3 is 0 Å². The van der Waals surface area contributed by atoms with Gasteiger partial charge in [0.2, 0.25) is 15.9 Å². The molecule has 2 aromatic carbocycles. The predicted molar refractivity (Wildman–Crippen MR) is 105 cm³/mol. The van der Waals surface area contributed by atoms with Crippen molar-refractivity contribution in [3.8, 4) is 0 Å². The molecule has 0 atom stereocenters. The standard InChI is InChI=1S/C20H22N2O5S/c23-19(20(13-5-2-6-14-20)17-7-3-1-4-8-17)21-28(26,27)15-16-9-11-18(12-10-16)22(24)25/h1,3-4,7-12H,2,5-6,13-15H2,(H,21,23). The number of nitrogens with zero attached hydrogens (tertiary/aromatic N) is 1. The van der Waals surface area contributed by atoms with E-state index in [1.54, 1.807) is 0 Å². The zero-order chi connectivity index (χ0) is 20.2. The summed E-state index contributed by atoms with van der Waals surface area (Å²) in [6.07, 6.45) is 3.97. The van der Waals surface area contributed by atoms with Crippen LogP contribution in [0, 0.1) is 10.1 Å². The Bertz CT molecular complexity index is 950. The summed E-state index contributed by atoms with van der Waals surface area (Å²) in [5.74, 6) is -0.915. The summed E-state index contributed by atoms with van der Waals surface area (Å²) in [5, 5.41) is 10.7. The van der Waals surface area contributed by atoms with Gasteiger partial charge in [0.05, 0.1) is 16.1 Å². The second-order valence-corrected chi connectivity index (χ2v) is 8.84. The van der Waals surface area contributed by atoms with Crippen LogP contribution in [0.3, 0.4) is 0 Å². The maximum atomic E-state index is 13.1. The van der Waals surface area contributed by atoms with E-state index >= 15 is 0 Å². The molecule has 0 aromatic heterocycles. The molecule has 0 heterocycles. The summed E-state index contributed by atoms with van der Waals surface area (Å²) < 4.78 is 27.4. The summed E-state index contributed by atoms with van der Waals surface area (Å²) >= 11 is 0. The number of carbonyl (C=O) groups excluding carboxylic acids is 1. The highest BCUT2D eigenvalue weighted by Crippen LogP contribution is 2.39. The number of rotatable bonds is 6. The van der Waals surface area contributed by atoms with Crippen LogP contribution >= 0.6 is 0 Å². The number of amides is 1. The molecule has 148 valence electrons. The quantitative estimate of drug-likeness (QED) is 0.588. The van der Waals surface area contributed by atoms with Crippen LogP contribution in [0.5, 0.6) is 0 Å². The van der Waals surface area contributed by atoms with Crippen molar-refractivity contribution in [3.05, 3.63) is 75.8 Å². The average Bonchev–Trinajstić information content (AvgIpc) is 2.69. The maximum Gasteiger partial charge on any atom is 0.269 e. The minimum absolute atomic E-state index is 0.115. The van der Waals surface area contributed by atoms with Gasteiger partial charge < -0.3 is 0 Å². The lowest BCUT2D eigenvalue weighted by Crippen LogP contribution is -2.48. The molecule has 2 aromatic rings. The van der Waals surface area contributed by atoms with Crippen molar-refractivity contribution in [2.24, 2.45) is 0 Å². The first-order chi connectivity index (χ1) is 13.3. The highest BCUT2D eigenvalue weighted by molar-refractivity contribution is 7.89. The van der Waals surface area contributed by atoms with Crippen LogP contribution in [-0.4, -0.2) is 19.2 Å². The molecule has 3 rings (SSSR count). The molecular weight excluding hydrogens is 380 g/mol. The van der Waals surface area contributed by atoms with Gasteiger partial charge in [0.25, 0.3) is 5.69 Å². The van der Waals surface area contributed by atoms with E-state index in [2.05, 4.69) is 4.72 Å². The Labute approximate surface area is 164 Å². The number of nitro benzene ring substituents is 1. The predicted octanol–water partition coefficient (Wildman–Crippen LogP) is 3.44. The Hall–Kier alpha value is -2.74. The van der Waals surface area contributed by atoms with Crippen molar-refractivity contribution in [1.82, 2.24) is 4.72 Å². The normalized spacial score (nSPS) is 16.3. The zero-order valence-corrected chi connectivity index (χ0v) is 16.2. The molecule has 1 amide bonds. The number of hydrogen-bond donors (Lipinski definition) is 1. The third kappa shape index (κ3) is 4.39. The van der Waals surface area contributed by atoms with Gasteiger partial charge in [-0.2, -0.15) is 0 Å². The van der Waals surface area contributed by atoms with E-state index in [9.17, 15) is 23.3 Å². The van der Waals surface area contributed by atoms with Crippen molar-refractivity contribution < 1.29 is 18.1 Å². The van der Waals surface area contributed by atoms with Crippen molar-refractivity contribution >= 4 is 21.6 Å². The van der Waals surface area contributed by atoms with Crippen molar-refractivity contribution in [1.29, 1.82) is 0 Å². The van der Waals surface area contributed by atoms with Crippen LogP contribution < -0.4 is 4.72 Å². The highest BCUT2D eigenvalue weighted by atomic mass is 32.2. The molecule has 1 saturated carbocycles. The van der Waals surface area contributed by atoms with Gasteiger partial charge in [-0.15, -0.1) is 0 Å². The number of non-ortho nitro benzene ring substituents is 1. The second-order valence-electron chi connectivity index (χ2n) is 7.12. The molecule has 1 fully saturated rings. The lowest BCUT2D eigenvalue weighted by Gasteiger charge is -2.36. The molecule has 28 heavy (non-hydrogen) atoms. The Morgan fingerprint density at radius 1 is 1.00 bits per heavy atom. The van der Waals surface area contributed by atoms with Gasteiger partial charge in [0.15, 0.2) is 0 Å². The molecular formula is C20H22N2O5S. The third-order valence-corrected chi connectivity index (χ3v) is 6.43. The maximum absolute atomic E-state index is 13.1. The minimum atomic E-state index is -3.93. The molecule has 0 bridgehead atoms. The molecule has 1 aliphatic carbocycles. The Morgan fingerprint density at radius 3 is 2.18 bits per heavy atom. The molecule has 0 saturated heterocycles. The van der Waals surface area contributed by atoms with Gasteiger partial charge in [0, 0.05) is 12.1 Å². The second kappa shape index (κ2) is 8.10. The lowest BCUT2D eigenvalue weighted by molar-refractivity contribution is -0.384. The number of carbonyl (C=O) groups is 1. The topological polar surface area (TPSA) is 106 Å².